The maximum Gasteiger partial charge on any atom is 0.417 e. The van der Waals surface area contributed by atoms with Gasteiger partial charge in [0.1, 0.15) is 0 Å². The largest absolute Gasteiger partial charge is 0.417 e. The second-order valence-electron chi connectivity index (χ2n) is 11.4. The molecule has 14 heteroatoms. The monoisotopic (exact) mass is 583 g/mol. The van der Waals surface area contributed by atoms with Gasteiger partial charge in [-0.25, -0.2) is 13.3 Å². The van der Waals surface area contributed by atoms with Crippen LogP contribution in [0.1, 0.15) is 31.9 Å². The minimum absolute atomic E-state index is 0.0732. The Balaban J connectivity index is 1.31. The van der Waals surface area contributed by atoms with Crippen LogP contribution in [0, 0.1) is 23.2 Å². The van der Waals surface area contributed by atoms with Crippen molar-refractivity contribution in [1.29, 1.82) is 5.26 Å². The molecule has 4 aliphatic rings. The van der Waals surface area contributed by atoms with Crippen LogP contribution in [0.5, 0.6) is 0 Å². The molecule has 0 N–H and O–H groups in total. The molecule has 0 aromatic heterocycles. The molecule has 218 valence electrons. The number of anilines is 1. The summed E-state index contributed by atoms with van der Waals surface area (Å²) >= 11 is 0. The smallest absolute Gasteiger partial charge is 0.365 e. The van der Waals surface area contributed by atoms with Gasteiger partial charge in [-0.15, -0.1) is 0 Å². The van der Waals surface area contributed by atoms with Crippen molar-refractivity contribution in [2.75, 3.05) is 63.0 Å². The van der Waals surface area contributed by atoms with Crippen molar-refractivity contribution in [2.24, 2.45) is 11.8 Å². The number of carbonyl (C=O) groups excluding carboxylic acids is 2. The number of alkyl halides is 3. The molecule has 5 rings (SSSR count). The molecule has 4 saturated heterocycles. The van der Waals surface area contributed by atoms with Crippen molar-refractivity contribution in [1.82, 2.24) is 14.1 Å². The third-order valence-electron chi connectivity index (χ3n) is 8.67. The molecule has 0 aliphatic carbocycles. The minimum atomic E-state index is -4.82. The van der Waals surface area contributed by atoms with E-state index < -0.39 is 62.2 Å². The van der Waals surface area contributed by atoms with Gasteiger partial charge in [0.2, 0.25) is 21.8 Å². The zero-order valence-corrected chi connectivity index (χ0v) is 23.4. The number of fused-ring (bicyclic) bond motifs is 5. The molecule has 4 atom stereocenters. The molecule has 10 nitrogen and oxygen atoms in total. The molecule has 2 amide bonds. The van der Waals surface area contributed by atoms with E-state index in [4.69, 9.17) is 10.00 Å². The van der Waals surface area contributed by atoms with E-state index in [1.165, 1.54) is 16.4 Å². The lowest BCUT2D eigenvalue weighted by molar-refractivity contribution is -0.169. The van der Waals surface area contributed by atoms with Gasteiger partial charge in [0.15, 0.2) is 0 Å². The average molecular weight is 584 g/mol. The van der Waals surface area contributed by atoms with Gasteiger partial charge in [0.05, 0.1) is 51.7 Å². The highest BCUT2D eigenvalue weighted by Crippen LogP contribution is 2.55. The molecule has 0 saturated carbocycles. The van der Waals surface area contributed by atoms with Gasteiger partial charge in [-0.05, 0) is 39.0 Å². The summed E-state index contributed by atoms with van der Waals surface area (Å²) in [6.07, 6.45) is -4.82. The fourth-order valence-electron chi connectivity index (χ4n) is 6.88. The molecule has 4 unspecified atom stereocenters. The number of amides is 2. The van der Waals surface area contributed by atoms with Crippen molar-refractivity contribution in [2.45, 2.75) is 38.1 Å². The van der Waals surface area contributed by atoms with E-state index in [0.717, 1.165) is 11.0 Å². The number of nitrogens with zero attached hydrogens (tertiary/aromatic N) is 5. The molecule has 4 heterocycles. The summed E-state index contributed by atoms with van der Waals surface area (Å²) in [4.78, 5) is 32.5. The molecule has 1 aromatic rings. The van der Waals surface area contributed by atoms with Crippen LogP contribution in [-0.2, 0) is 30.5 Å². The summed E-state index contributed by atoms with van der Waals surface area (Å²) in [6.45, 7) is 9.29. The predicted octanol–water partition coefficient (Wildman–Crippen LogP) is 1.51. The standard InChI is InChI=1S/C26H32F3N5O5S/c1-4-40(37,38)33-11-9-31(10-12-33)7-8-32-15-24(2)20-21(25(3,16-32)39-24)23(36)34(22(20)35)18-6-5-17(14-30)19(13-18)26(27,28)29/h5-6,13,20-21H,4,7-12,15-16H2,1-3H3. The Morgan fingerprint density at radius 2 is 1.55 bits per heavy atom. The molecule has 40 heavy (non-hydrogen) atoms. The van der Waals surface area contributed by atoms with Gasteiger partial charge in [0.25, 0.3) is 0 Å². The number of hydrogen-bond donors (Lipinski definition) is 0. The zero-order valence-electron chi connectivity index (χ0n) is 22.6. The summed E-state index contributed by atoms with van der Waals surface area (Å²) in [5, 5.41) is 9.11. The number of ether oxygens (including phenoxy) is 1. The zero-order chi connectivity index (χ0) is 29.3. The Bertz CT molecular complexity index is 1340. The van der Waals surface area contributed by atoms with Crippen LogP contribution in [0.3, 0.4) is 0 Å². The fraction of sp³-hybridized carbons (Fsp3) is 0.654. The lowest BCUT2D eigenvalue weighted by Crippen LogP contribution is -2.59. The highest BCUT2D eigenvalue weighted by atomic mass is 32.2. The van der Waals surface area contributed by atoms with E-state index in [0.29, 0.717) is 58.4 Å². The van der Waals surface area contributed by atoms with Crippen LogP contribution in [0.25, 0.3) is 0 Å². The van der Waals surface area contributed by atoms with Crippen molar-refractivity contribution < 1.29 is 35.9 Å². The SMILES string of the molecule is CCS(=O)(=O)N1CCN(CCN2CC3(C)OC(C)(C2)C2C(=O)N(c4ccc(C#N)c(C(F)(F)F)c4)C(=O)C23)CC1. The molecular weight excluding hydrogens is 551 g/mol. The van der Waals surface area contributed by atoms with E-state index in [9.17, 15) is 31.2 Å². The number of piperazine rings is 1. The maximum atomic E-state index is 13.7. The number of imide groups is 1. The van der Waals surface area contributed by atoms with Crippen LogP contribution < -0.4 is 4.90 Å². The van der Waals surface area contributed by atoms with E-state index in [-0.39, 0.29) is 11.4 Å². The molecule has 0 radical (unpaired) electrons. The summed E-state index contributed by atoms with van der Waals surface area (Å²) in [6, 6.07) is 4.38. The normalized spacial score (nSPS) is 32.0. The quantitative estimate of drug-likeness (QED) is 0.464. The summed E-state index contributed by atoms with van der Waals surface area (Å²) in [7, 11) is -3.22. The predicted molar refractivity (Wildman–Crippen MR) is 137 cm³/mol. The maximum absolute atomic E-state index is 13.7. The van der Waals surface area contributed by atoms with Crippen molar-refractivity contribution in [3.05, 3.63) is 29.3 Å². The first kappa shape index (κ1) is 28.9. The summed E-state index contributed by atoms with van der Waals surface area (Å²) < 4.78 is 72.9. The van der Waals surface area contributed by atoms with Gasteiger partial charge in [-0.3, -0.25) is 19.4 Å². The van der Waals surface area contributed by atoms with Crippen LogP contribution in [-0.4, -0.2) is 104 Å². The van der Waals surface area contributed by atoms with E-state index in [1.54, 1.807) is 20.8 Å². The van der Waals surface area contributed by atoms with Gasteiger partial charge in [-0.2, -0.15) is 22.7 Å². The third-order valence-corrected chi connectivity index (χ3v) is 10.6. The topological polar surface area (TPSA) is 114 Å². The summed E-state index contributed by atoms with van der Waals surface area (Å²) in [5.41, 5.74) is -4.03. The lowest BCUT2D eigenvalue weighted by atomic mass is 9.79. The third kappa shape index (κ3) is 4.71. The molecule has 4 fully saturated rings. The van der Waals surface area contributed by atoms with Gasteiger partial charge in [-0.1, -0.05) is 0 Å². The first-order chi connectivity index (χ1) is 18.6. The van der Waals surface area contributed by atoms with Crippen LogP contribution >= 0.6 is 0 Å². The Morgan fingerprint density at radius 1 is 1.00 bits per heavy atom. The van der Waals surface area contributed by atoms with Gasteiger partial charge in [0, 0.05) is 52.4 Å². The van der Waals surface area contributed by atoms with E-state index >= 15 is 0 Å². The number of morpholine rings is 1. The number of halogens is 3. The number of nitriles is 1. The van der Waals surface area contributed by atoms with E-state index in [2.05, 4.69) is 9.80 Å². The van der Waals surface area contributed by atoms with Gasteiger partial charge >= 0.3 is 6.18 Å². The fourth-order valence-corrected chi connectivity index (χ4v) is 7.96. The van der Waals surface area contributed by atoms with Crippen molar-refractivity contribution in [3.8, 4) is 6.07 Å². The molecule has 2 bridgehead atoms. The number of carbonyl (C=O) groups is 2. The Morgan fingerprint density at radius 3 is 2.05 bits per heavy atom. The highest BCUT2D eigenvalue weighted by molar-refractivity contribution is 7.89. The second-order valence-corrected chi connectivity index (χ2v) is 13.6. The van der Waals surface area contributed by atoms with Crippen molar-refractivity contribution in [3.63, 3.8) is 0 Å². The Kier molecular flexibility index (Phi) is 7.07. The van der Waals surface area contributed by atoms with Crippen LogP contribution in [0.4, 0.5) is 18.9 Å². The molecular formula is C26H32F3N5O5S. The number of benzene rings is 1. The lowest BCUT2D eigenvalue weighted by Gasteiger charge is -2.45. The summed E-state index contributed by atoms with van der Waals surface area (Å²) in [5.74, 6) is -2.85. The number of likely N-dealkylation sites (tertiary alicyclic amines) is 1. The second kappa shape index (κ2) is 9.77. The Hall–Kier alpha value is -2.57. The molecule has 1 aromatic carbocycles. The van der Waals surface area contributed by atoms with E-state index in [1.807, 2.05) is 0 Å². The van der Waals surface area contributed by atoms with Crippen molar-refractivity contribution >= 4 is 27.5 Å². The minimum Gasteiger partial charge on any atom is -0.365 e. The molecule has 0 spiro atoms. The van der Waals surface area contributed by atoms with Crippen LogP contribution in [0.15, 0.2) is 18.2 Å². The average Bonchev–Trinajstić information content (AvgIpc) is 3.26. The molecule has 4 aliphatic heterocycles. The number of sulfonamides is 1. The number of rotatable bonds is 6. The Labute approximate surface area is 231 Å². The highest BCUT2D eigenvalue weighted by Gasteiger charge is 2.71. The van der Waals surface area contributed by atoms with Gasteiger partial charge < -0.3 is 4.74 Å². The first-order valence-corrected chi connectivity index (χ1v) is 14.9. The number of hydrogen-bond acceptors (Lipinski definition) is 8. The first-order valence-electron chi connectivity index (χ1n) is 13.3. The van der Waals surface area contributed by atoms with Crippen LogP contribution in [0.2, 0.25) is 0 Å².